The fourth-order valence-corrected chi connectivity index (χ4v) is 3.00. The predicted octanol–water partition coefficient (Wildman–Crippen LogP) is 3.49. The Morgan fingerprint density at radius 2 is 2.30 bits per heavy atom. The number of halogens is 4. The molecule has 0 bridgehead atoms. The van der Waals surface area contributed by atoms with Crippen molar-refractivity contribution < 1.29 is 4.39 Å². The number of hydrogen-bond acceptors (Lipinski definition) is 5. The Kier molecular flexibility index (Phi) is 4.69. The standard InChI is InChI=1S/C10H4Br2ClFN6/c11-5-1-6(13)9(7(12)8(5)14)16-3-4(2-15)10-17-19-20-18-10/h1,3,16H,(H,17,18,19,20). The summed E-state index contributed by atoms with van der Waals surface area (Å²) in [7, 11) is 0. The van der Waals surface area contributed by atoms with Crippen molar-refractivity contribution in [1.82, 2.24) is 20.6 Å². The zero-order valence-corrected chi connectivity index (χ0v) is 13.4. The lowest BCUT2D eigenvalue weighted by Gasteiger charge is -2.09. The Labute approximate surface area is 134 Å². The van der Waals surface area contributed by atoms with E-state index in [9.17, 15) is 4.39 Å². The third kappa shape index (κ3) is 2.98. The Bertz CT molecular complexity index is 710. The van der Waals surface area contributed by atoms with Crippen LogP contribution in [0.5, 0.6) is 0 Å². The third-order valence-corrected chi connectivity index (χ3v) is 3.80. The topological polar surface area (TPSA) is 90.3 Å². The highest BCUT2D eigenvalue weighted by Crippen LogP contribution is 2.37. The van der Waals surface area contributed by atoms with Gasteiger partial charge in [0.1, 0.15) is 11.6 Å². The highest BCUT2D eigenvalue weighted by molar-refractivity contribution is 9.11. The number of hydrogen-bond donors (Lipinski definition) is 2. The predicted molar refractivity (Wildman–Crippen MR) is 78.2 cm³/mol. The number of nitrogens with zero attached hydrogens (tertiary/aromatic N) is 4. The van der Waals surface area contributed by atoms with Gasteiger partial charge >= 0.3 is 0 Å². The van der Waals surface area contributed by atoms with Gasteiger partial charge in [0.25, 0.3) is 0 Å². The summed E-state index contributed by atoms with van der Waals surface area (Å²) in [5, 5.41) is 24.9. The highest BCUT2D eigenvalue weighted by Gasteiger charge is 2.14. The quantitative estimate of drug-likeness (QED) is 0.449. The van der Waals surface area contributed by atoms with Crippen LogP contribution in [0.1, 0.15) is 5.82 Å². The van der Waals surface area contributed by atoms with E-state index in [0.29, 0.717) is 0 Å². The highest BCUT2D eigenvalue weighted by atomic mass is 79.9. The van der Waals surface area contributed by atoms with E-state index in [2.05, 4.69) is 57.8 Å². The first-order chi connectivity index (χ1) is 9.54. The minimum atomic E-state index is -0.511. The molecule has 0 amide bonds. The zero-order chi connectivity index (χ0) is 14.7. The van der Waals surface area contributed by atoms with Crippen molar-refractivity contribution in [3.8, 4) is 6.07 Å². The van der Waals surface area contributed by atoms with Crippen LogP contribution >= 0.6 is 43.5 Å². The van der Waals surface area contributed by atoms with Crippen LogP contribution in [0.15, 0.2) is 21.2 Å². The second-order valence-electron chi connectivity index (χ2n) is 3.39. The van der Waals surface area contributed by atoms with Gasteiger partial charge in [0.2, 0.25) is 5.82 Å². The molecule has 6 nitrogen and oxygen atoms in total. The van der Waals surface area contributed by atoms with Crippen LogP contribution in [0.4, 0.5) is 10.1 Å². The van der Waals surface area contributed by atoms with Crippen LogP contribution in [-0.2, 0) is 0 Å². The average molecular weight is 422 g/mol. The smallest absolute Gasteiger partial charge is 0.216 e. The molecule has 0 spiro atoms. The van der Waals surface area contributed by atoms with E-state index in [4.69, 9.17) is 16.9 Å². The molecule has 2 rings (SSSR count). The van der Waals surface area contributed by atoms with Gasteiger partial charge in [0.05, 0.1) is 19.7 Å². The van der Waals surface area contributed by atoms with Gasteiger partial charge in [0.15, 0.2) is 5.82 Å². The minimum Gasteiger partial charge on any atom is -0.358 e. The molecule has 20 heavy (non-hydrogen) atoms. The van der Waals surface area contributed by atoms with E-state index >= 15 is 0 Å². The first-order valence-electron chi connectivity index (χ1n) is 4.98. The van der Waals surface area contributed by atoms with Gasteiger partial charge in [-0.25, -0.2) is 4.39 Å². The summed E-state index contributed by atoms with van der Waals surface area (Å²) in [5.41, 5.74) is 0.397. The van der Waals surface area contributed by atoms with E-state index in [1.54, 1.807) is 0 Å². The monoisotopic (exact) mass is 420 g/mol. The Morgan fingerprint density at radius 1 is 1.55 bits per heavy atom. The van der Waals surface area contributed by atoms with E-state index < -0.39 is 5.82 Å². The van der Waals surface area contributed by atoms with Gasteiger partial charge in [-0.1, -0.05) is 11.6 Å². The molecule has 0 radical (unpaired) electrons. The molecular weight excluding hydrogens is 418 g/mol. The molecule has 1 aromatic heterocycles. The Hall–Kier alpha value is -1.50. The summed E-state index contributed by atoms with van der Waals surface area (Å²) in [6.45, 7) is 0. The lowest BCUT2D eigenvalue weighted by Crippen LogP contribution is -1.96. The van der Waals surface area contributed by atoms with Crippen LogP contribution in [0.25, 0.3) is 5.57 Å². The van der Waals surface area contributed by atoms with Crippen molar-refractivity contribution in [3.05, 3.63) is 37.9 Å². The van der Waals surface area contributed by atoms with E-state index in [-0.39, 0.29) is 31.1 Å². The normalized spacial score (nSPS) is 11.2. The van der Waals surface area contributed by atoms with Crippen molar-refractivity contribution in [3.63, 3.8) is 0 Å². The fraction of sp³-hybridized carbons (Fsp3) is 0. The molecule has 2 aromatic rings. The SMILES string of the molecule is N#CC(=CNc1c(Cl)cc(Br)c(F)c1Br)c1nn[nH]n1. The van der Waals surface area contributed by atoms with Crippen LogP contribution in [-0.4, -0.2) is 20.6 Å². The molecule has 0 atom stereocenters. The number of allylic oxidation sites excluding steroid dienone is 1. The second kappa shape index (κ2) is 6.30. The average Bonchev–Trinajstić information content (AvgIpc) is 2.94. The molecule has 0 aliphatic rings. The van der Waals surface area contributed by atoms with Crippen LogP contribution in [0.3, 0.4) is 0 Å². The lowest BCUT2D eigenvalue weighted by molar-refractivity contribution is 0.615. The van der Waals surface area contributed by atoms with Gasteiger partial charge < -0.3 is 5.32 Å². The minimum absolute atomic E-state index is 0.116. The van der Waals surface area contributed by atoms with Gasteiger partial charge in [0, 0.05) is 6.20 Å². The summed E-state index contributed by atoms with van der Waals surface area (Å²) >= 11 is 12.1. The van der Waals surface area contributed by atoms with Gasteiger partial charge in [-0.15, -0.1) is 10.2 Å². The van der Waals surface area contributed by atoms with Crippen LogP contribution in [0, 0.1) is 17.1 Å². The van der Waals surface area contributed by atoms with Crippen LogP contribution < -0.4 is 5.32 Å². The largest absolute Gasteiger partial charge is 0.358 e. The molecule has 0 saturated heterocycles. The lowest BCUT2D eigenvalue weighted by atomic mass is 10.3. The third-order valence-electron chi connectivity index (χ3n) is 2.18. The van der Waals surface area contributed by atoms with Gasteiger partial charge in [-0.2, -0.15) is 10.5 Å². The van der Waals surface area contributed by atoms with Crippen molar-refractivity contribution in [2.75, 3.05) is 5.32 Å². The fourth-order valence-electron chi connectivity index (χ4n) is 1.27. The van der Waals surface area contributed by atoms with Crippen LogP contribution in [0.2, 0.25) is 5.02 Å². The number of nitrogens with one attached hydrogen (secondary N) is 2. The summed E-state index contributed by atoms with van der Waals surface area (Å²) in [6.07, 6.45) is 1.31. The summed E-state index contributed by atoms with van der Waals surface area (Å²) in [4.78, 5) is 0. The number of benzene rings is 1. The molecule has 1 aromatic carbocycles. The summed E-state index contributed by atoms with van der Waals surface area (Å²) in [6, 6.07) is 3.29. The van der Waals surface area contributed by atoms with Crippen molar-refractivity contribution >= 4 is 54.7 Å². The molecular formula is C10H4Br2ClFN6. The van der Waals surface area contributed by atoms with Crippen molar-refractivity contribution in [1.29, 1.82) is 5.26 Å². The molecule has 0 unspecified atom stereocenters. The number of rotatable bonds is 3. The molecule has 2 N–H and O–H groups in total. The number of anilines is 1. The maximum atomic E-state index is 13.7. The van der Waals surface area contributed by atoms with Gasteiger partial charge in [-0.3, -0.25) is 0 Å². The van der Waals surface area contributed by atoms with Gasteiger partial charge in [-0.05, 0) is 43.1 Å². The Morgan fingerprint density at radius 3 is 2.90 bits per heavy atom. The first kappa shape index (κ1) is 14.9. The van der Waals surface area contributed by atoms with E-state index in [0.717, 1.165) is 0 Å². The van der Waals surface area contributed by atoms with E-state index in [1.165, 1.54) is 12.3 Å². The summed E-state index contributed by atoms with van der Waals surface area (Å²) in [5.74, 6) is -0.395. The molecule has 102 valence electrons. The number of aromatic nitrogens is 4. The number of aromatic amines is 1. The first-order valence-corrected chi connectivity index (χ1v) is 6.94. The molecule has 0 aliphatic heterocycles. The van der Waals surface area contributed by atoms with Crippen molar-refractivity contribution in [2.24, 2.45) is 0 Å². The number of H-pyrrole nitrogens is 1. The zero-order valence-electron chi connectivity index (χ0n) is 9.46. The molecule has 0 saturated carbocycles. The number of tetrazole rings is 1. The van der Waals surface area contributed by atoms with Crippen molar-refractivity contribution in [2.45, 2.75) is 0 Å². The maximum absolute atomic E-state index is 13.7. The Balaban J connectivity index is 2.36. The number of nitriles is 1. The maximum Gasteiger partial charge on any atom is 0.216 e. The molecule has 0 fully saturated rings. The summed E-state index contributed by atoms with van der Waals surface area (Å²) < 4.78 is 14.1. The second-order valence-corrected chi connectivity index (χ2v) is 5.45. The van der Waals surface area contributed by atoms with E-state index in [1.807, 2.05) is 6.07 Å². The molecule has 0 aliphatic carbocycles. The molecule has 1 heterocycles. The molecule has 10 heteroatoms.